The quantitative estimate of drug-likeness (QED) is 0.294. The largest absolute Gasteiger partial charge is 0.444 e. The molecule has 1 heterocycles. The Balaban J connectivity index is 1.97. The van der Waals surface area contributed by atoms with Gasteiger partial charge in [0.05, 0.1) is 24.3 Å². The third-order valence-electron chi connectivity index (χ3n) is 7.44. The second kappa shape index (κ2) is 14.5. The van der Waals surface area contributed by atoms with Crippen LogP contribution in [0.5, 0.6) is 0 Å². The lowest BCUT2D eigenvalue weighted by molar-refractivity contribution is -0.132. The summed E-state index contributed by atoms with van der Waals surface area (Å²) in [6, 6.07) is 3.12. The van der Waals surface area contributed by atoms with E-state index in [1.54, 1.807) is 30.2 Å². The lowest BCUT2D eigenvalue weighted by Crippen LogP contribution is -2.51. The van der Waals surface area contributed by atoms with Gasteiger partial charge in [0.25, 0.3) is 0 Å². The number of allylic oxidation sites excluding steroid dienone is 2. The number of aryl methyl sites for hydroxylation is 1. The molecule has 3 atom stereocenters. The molecule has 0 aliphatic heterocycles. The fraction of sp³-hybridized carbons (Fsp3) is 0.516. The highest BCUT2D eigenvalue weighted by atomic mass is 19.1. The van der Waals surface area contributed by atoms with Crippen LogP contribution in [0.4, 0.5) is 8.78 Å². The van der Waals surface area contributed by atoms with Crippen LogP contribution >= 0.6 is 0 Å². The summed E-state index contributed by atoms with van der Waals surface area (Å²) in [5, 5.41) is 14.7. The zero-order valence-corrected chi connectivity index (χ0v) is 24.4. The highest BCUT2D eigenvalue weighted by molar-refractivity contribution is 5.96. The number of hydrogen-bond acceptors (Lipinski definition) is 6. The Morgan fingerprint density at radius 2 is 1.83 bits per heavy atom. The fourth-order valence-corrected chi connectivity index (χ4v) is 5.64. The van der Waals surface area contributed by atoms with Gasteiger partial charge in [-0.3, -0.25) is 9.59 Å². The number of nitrogens with zero attached hydrogens (tertiary/aromatic N) is 2. The highest BCUT2D eigenvalue weighted by Crippen LogP contribution is 2.44. The first-order valence-corrected chi connectivity index (χ1v) is 14.3. The molecule has 10 heteroatoms. The Morgan fingerprint density at radius 3 is 2.39 bits per heavy atom. The summed E-state index contributed by atoms with van der Waals surface area (Å²) in [5.41, 5.74) is 5.91. The van der Waals surface area contributed by atoms with E-state index in [-0.39, 0.29) is 37.4 Å². The molecule has 224 valence electrons. The molecule has 4 N–H and O–H groups in total. The Morgan fingerprint density at radius 1 is 1.17 bits per heavy atom. The number of rotatable bonds is 15. The van der Waals surface area contributed by atoms with Gasteiger partial charge in [-0.05, 0) is 50.3 Å². The van der Waals surface area contributed by atoms with Crippen molar-refractivity contribution >= 4 is 11.8 Å². The minimum Gasteiger partial charge on any atom is -0.444 e. The summed E-state index contributed by atoms with van der Waals surface area (Å²) in [5.74, 6) is -2.18. The SMILES string of the molecule is CCCN(CCC)C(=O)C1=CC(C)=CC(C(N)=O)([C@H](Cc2cc(F)cc(F)c2)[C@@H](O)CNCc2cnc(CC)o2)C1. The maximum absolute atomic E-state index is 14.2. The first-order valence-electron chi connectivity index (χ1n) is 14.3. The van der Waals surface area contributed by atoms with Gasteiger partial charge < -0.3 is 25.5 Å². The van der Waals surface area contributed by atoms with Crippen molar-refractivity contribution in [3.05, 3.63) is 76.5 Å². The van der Waals surface area contributed by atoms with E-state index in [9.17, 15) is 23.5 Å². The zero-order chi connectivity index (χ0) is 30.2. The number of hydrogen-bond donors (Lipinski definition) is 3. The molecule has 0 radical (unpaired) electrons. The van der Waals surface area contributed by atoms with Gasteiger partial charge in [0.1, 0.15) is 17.4 Å². The Kier molecular flexibility index (Phi) is 11.4. The fourth-order valence-electron chi connectivity index (χ4n) is 5.64. The van der Waals surface area contributed by atoms with Crippen molar-refractivity contribution < 1.29 is 27.9 Å². The van der Waals surface area contributed by atoms with Crippen LogP contribution in [0.3, 0.4) is 0 Å². The molecule has 1 aromatic carbocycles. The predicted octanol–water partition coefficient (Wildman–Crippen LogP) is 4.22. The average molecular weight is 573 g/mol. The number of aromatic nitrogens is 1. The summed E-state index contributed by atoms with van der Waals surface area (Å²) in [4.78, 5) is 32.9. The van der Waals surface area contributed by atoms with Crippen LogP contribution < -0.4 is 11.1 Å². The Labute approximate surface area is 240 Å². The molecule has 0 spiro atoms. The van der Waals surface area contributed by atoms with E-state index in [4.69, 9.17) is 10.2 Å². The van der Waals surface area contributed by atoms with Crippen molar-refractivity contribution in [2.24, 2.45) is 17.1 Å². The van der Waals surface area contributed by atoms with Crippen LogP contribution in [0.15, 0.2) is 52.1 Å². The van der Waals surface area contributed by atoms with Gasteiger partial charge in [-0.25, -0.2) is 13.8 Å². The van der Waals surface area contributed by atoms with E-state index >= 15 is 0 Å². The smallest absolute Gasteiger partial charge is 0.249 e. The van der Waals surface area contributed by atoms with Crippen LogP contribution in [0.1, 0.15) is 64.2 Å². The summed E-state index contributed by atoms with van der Waals surface area (Å²) < 4.78 is 34.0. The minimum atomic E-state index is -1.49. The van der Waals surface area contributed by atoms with Crippen molar-refractivity contribution in [1.29, 1.82) is 0 Å². The van der Waals surface area contributed by atoms with Crippen molar-refractivity contribution in [2.45, 2.75) is 72.4 Å². The second-order valence-electron chi connectivity index (χ2n) is 10.8. The molecule has 2 amide bonds. The number of aliphatic hydroxyl groups excluding tert-OH is 1. The van der Waals surface area contributed by atoms with Crippen LogP contribution in [0.25, 0.3) is 0 Å². The predicted molar refractivity (Wildman–Crippen MR) is 152 cm³/mol. The Bertz CT molecular complexity index is 1250. The normalized spacial score (nSPS) is 18.4. The standard InChI is InChI=1S/C31H42F2N4O4/c1-5-8-37(9-6-2)29(39)22-10-20(4)15-31(16-22,30(34)40)26(13-21-11-23(32)14-24(33)12-21)27(38)19-35-17-25-18-36-28(7-3)41-25/h10-12,14-15,18,26-27,35,38H,5-9,13,16-17,19H2,1-4H3,(H2,34,40)/t26-,27+,31?/m1/s1. The van der Waals surface area contributed by atoms with Crippen molar-refractivity contribution in [1.82, 2.24) is 15.2 Å². The van der Waals surface area contributed by atoms with E-state index in [2.05, 4.69) is 10.3 Å². The number of carbonyl (C=O) groups is 2. The summed E-state index contributed by atoms with van der Waals surface area (Å²) in [7, 11) is 0. The lowest BCUT2D eigenvalue weighted by atomic mass is 9.63. The van der Waals surface area contributed by atoms with E-state index in [0.29, 0.717) is 42.3 Å². The molecule has 1 aliphatic carbocycles. The van der Waals surface area contributed by atoms with E-state index in [0.717, 1.165) is 18.9 Å². The third-order valence-corrected chi connectivity index (χ3v) is 7.44. The Hall–Kier alpha value is -3.37. The molecule has 41 heavy (non-hydrogen) atoms. The number of nitrogens with one attached hydrogen (secondary N) is 1. The van der Waals surface area contributed by atoms with Gasteiger partial charge in [0.2, 0.25) is 11.8 Å². The molecule has 0 saturated carbocycles. The van der Waals surface area contributed by atoms with Gasteiger partial charge in [-0.15, -0.1) is 0 Å². The molecule has 3 rings (SSSR count). The van der Waals surface area contributed by atoms with E-state index < -0.39 is 35.0 Å². The van der Waals surface area contributed by atoms with Crippen LogP contribution in [-0.4, -0.2) is 52.5 Å². The molecule has 0 bridgehead atoms. The number of primary amides is 1. The molecular weight excluding hydrogens is 530 g/mol. The van der Waals surface area contributed by atoms with E-state index in [1.165, 1.54) is 12.1 Å². The average Bonchev–Trinajstić information content (AvgIpc) is 3.38. The molecular formula is C31H42F2N4O4. The van der Waals surface area contributed by atoms with Gasteiger partial charge in [-0.2, -0.15) is 0 Å². The van der Waals surface area contributed by atoms with Crippen molar-refractivity contribution in [3.8, 4) is 0 Å². The summed E-state index contributed by atoms with van der Waals surface area (Å²) in [6.45, 7) is 9.10. The van der Waals surface area contributed by atoms with Crippen LogP contribution in [-0.2, 0) is 29.0 Å². The number of oxazole rings is 1. The number of carbonyl (C=O) groups excluding carboxylic acids is 2. The number of benzene rings is 1. The summed E-state index contributed by atoms with van der Waals surface area (Å²) in [6.07, 6.45) is 5.96. The molecule has 1 aromatic heterocycles. The maximum Gasteiger partial charge on any atom is 0.249 e. The van der Waals surface area contributed by atoms with Gasteiger partial charge in [0, 0.05) is 43.6 Å². The monoisotopic (exact) mass is 572 g/mol. The van der Waals surface area contributed by atoms with Crippen molar-refractivity contribution in [2.75, 3.05) is 19.6 Å². The van der Waals surface area contributed by atoms with Crippen LogP contribution in [0.2, 0.25) is 0 Å². The number of halogens is 2. The number of aliphatic hydroxyl groups is 1. The minimum absolute atomic E-state index is 0.0251. The second-order valence-corrected chi connectivity index (χ2v) is 10.8. The van der Waals surface area contributed by atoms with Gasteiger partial charge in [-0.1, -0.05) is 38.5 Å². The first-order chi connectivity index (χ1) is 19.5. The first kappa shape index (κ1) is 32.1. The maximum atomic E-state index is 14.2. The number of nitrogens with two attached hydrogens (primary N) is 1. The highest BCUT2D eigenvalue weighted by Gasteiger charge is 2.48. The van der Waals surface area contributed by atoms with Crippen molar-refractivity contribution in [3.63, 3.8) is 0 Å². The van der Waals surface area contributed by atoms with Crippen LogP contribution in [0, 0.1) is 23.0 Å². The lowest BCUT2D eigenvalue weighted by Gasteiger charge is -2.42. The topological polar surface area (TPSA) is 122 Å². The zero-order valence-electron chi connectivity index (χ0n) is 24.4. The molecule has 8 nitrogen and oxygen atoms in total. The molecule has 1 unspecified atom stereocenters. The molecule has 0 fully saturated rings. The molecule has 0 saturated heterocycles. The van der Waals surface area contributed by atoms with E-state index in [1.807, 2.05) is 20.8 Å². The molecule has 1 aliphatic rings. The molecule has 2 aromatic rings. The third kappa shape index (κ3) is 8.10. The summed E-state index contributed by atoms with van der Waals surface area (Å²) >= 11 is 0. The number of amides is 2. The van der Waals surface area contributed by atoms with Gasteiger partial charge in [0.15, 0.2) is 5.89 Å². The van der Waals surface area contributed by atoms with Gasteiger partial charge >= 0.3 is 0 Å².